The van der Waals surface area contributed by atoms with Gasteiger partial charge >= 0.3 is 0 Å². The monoisotopic (exact) mass is 400 g/mol. The van der Waals surface area contributed by atoms with Gasteiger partial charge in [-0.25, -0.2) is 0 Å². The van der Waals surface area contributed by atoms with Crippen molar-refractivity contribution in [2.45, 2.75) is 65.7 Å². The second kappa shape index (κ2) is 11.1. The predicted octanol–water partition coefficient (Wildman–Crippen LogP) is 5.75. The smallest absolute Gasteiger partial charge is 0.0210 e. The van der Waals surface area contributed by atoms with Gasteiger partial charge < -0.3 is 10.6 Å². The Balaban J connectivity index is 1.43. The Morgan fingerprint density at radius 3 is 1.30 bits per heavy atom. The Hall–Kier alpha value is -2.42. The first kappa shape index (κ1) is 22.3. The summed E-state index contributed by atoms with van der Waals surface area (Å²) in [5, 5.41) is 7.32. The lowest BCUT2D eigenvalue weighted by atomic mass is 10.0. The Labute approximate surface area is 182 Å². The van der Waals surface area contributed by atoms with Gasteiger partial charge in [0.05, 0.1) is 0 Å². The van der Waals surface area contributed by atoms with Crippen molar-refractivity contribution in [1.29, 1.82) is 0 Å². The molecule has 3 aromatic rings. The van der Waals surface area contributed by atoms with Crippen molar-refractivity contribution in [3.05, 3.63) is 106 Å². The molecular formula is C28H36N2. The van der Waals surface area contributed by atoms with Crippen molar-refractivity contribution in [3.8, 4) is 0 Å². The standard InChI is InChI=1S/C28H36N2/c1-21-9-5-7-11-27(21)19-29-23(3)17-25-13-15-26(16-14-25)18-24(4)30-20-28-12-8-6-10-22(28)2/h5-16,23-24,29-30H,17-20H2,1-4H3/t23-,24-/m1/s1. The molecule has 0 heterocycles. The number of hydrogen-bond acceptors (Lipinski definition) is 2. The lowest BCUT2D eigenvalue weighted by molar-refractivity contribution is 0.541. The van der Waals surface area contributed by atoms with Crippen molar-refractivity contribution < 1.29 is 0 Å². The van der Waals surface area contributed by atoms with E-state index in [1.807, 2.05) is 0 Å². The molecule has 0 aromatic heterocycles. The third-order valence-electron chi connectivity index (χ3n) is 5.91. The molecule has 30 heavy (non-hydrogen) atoms. The fourth-order valence-corrected chi connectivity index (χ4v) is 3.85. The molecule has 3 aromatic carbocycles. The van der Waals surface area contributed by atoms with Gasteiger partial charge in [0, 0.05) is 25.2 Å². The maximum atomic E-state index is 3.66. The summed E-state index contributed by atoms with van der Waals surface area (Å²) < 4.78 is 0. The lowest BCUT2D eigenvalue weighted by Crippen LogP contribution is -2.28. The van der Waals surface area contributed by atoms with Crippen molar-refractivity contribution >= 4 is 0 Å². The zero-order chi connectivity index (χ0) is 21.3. The molecule has 0 amide bonds. The highest BCUT2D eigenvalue weighted by Crippen LogP contribution is 2.12. The largest absolute Gasteiger partial charge is 0.310 e. The van der Waals surface area contributed by atoms with Gasteiger partial charge in [0.15, 0.2) is 0 Å². The molecule has 0 radical (unpaired) electrons. The number of hydrogen-bond donors (Lipinski definition) is 2. The van der Waals surface area contributed by atoms with E-state index in [1.54, 1.807) is 0 Å². The van der Waals surface area contributed by atoms with E-state index < -0.39 is 0 Å². The minimum Gasteiger partial charge on any atom is -0.310 e. The van der Waals surface area contributed by atoms with Crippen LogP contribution >= 0.6 is 0 Å². The number of nitrogens with one attached hydrogen (secondary N) is 2. The van der Waals surface area contributed by atoms with Crippen LogP contribution in [0.25, 0.3) is 0 Å². The maximum absolute atomic E-state index is 3.66. The van der Waals surface area contributed by atoms with E-state index in [0.29, 0.717) is 12.1 Å². The van der Waals surface area contributed by atoms with Gasteiger partial charge in [-0.3, -0.25) is 0 Å². The summed E-state index contributed by atoms with van der Waals surface area (Å²) in [5.41, 5.74) is 8.25. The molecule has 2 N–H and O–H groups in total. The summed E-state index contributed by atoms with van der Waals surface area (Å²) in [4.78, 5) is 0. The number of benzene rings is 3. The van der Waals surface area contributed by atoms with Crippen LogP contribution in [0.5, 0.6) is 0 Å². The number of rotatable bonds is 10. The molecule has 2 nitrogen and oxygen atoms in total. The molecule has 0 aliphatic heterocycles. The molecule has 0 fully saturated rings. The maximum Gasteiger partial charge on any atom is 0.0210 e. The highest BCUT2D eigenvalue weighted by molar-refractivity contribution is 5.27. The third kappa shape index (κ3) is 6.83. The van der Waals surface area contributed by atoms with Crippen LogP contribution < -0.4 is 10.6 Å². The first-order valence-corrected chi connectivity index (χ1v) is 11.1. The Morgan fingerprint density at radius 1 is 0.567 bits per heavy atom. The van der Waals surface area contributed by atoms with Gasteiger partial charge in [0.25, 0.3) is 0 Å². The summed E-state index contributed by atoms with van der Waals surface area (Å²) in [6.45, 7) is 10.7. The Bertz CT molecular complexity index is 837. The van der Waals surface area contributed by atoms with Crippen LogP contribution in [0.2, 0.25) is 0 Å². The fourth-order valence-electron chi connectivity index (χ4n) is 3.85. The summed E-state index contributed by atoms with van der Waals surface area (Å²) in [5.74, 6) is 0. The number of aryl methyl sites for hydroxylation is 2. The van der Waals surface area contributed by atoms with E-state index in [9.17, 15) is 0 Å². The molecule has 0 saturated carbocycles. The molecule has 0 bridgehead atoms. The molecule has 0 spiro atoms. The first-order valence-electron chi connectivity index (χ1n) is 11.1. The highest BCUT2D eigenvalue weighted by atomic mass is 14.9. The van der Waals surface area contributed by atoms with Crippen LogP contribution in [-0.2, 0) is 25.9 Å². The van der Waals surface area contributed by atoms with Crippen molar-refractivity contribution in [1.82, 2.24) is 10.6 Å². The van der Waals surface area contributed by atoms with Gasteiger partial charge in [-0.15, -0.1) is 0 Å². The van der Waals surface area contributed by atoms with Crippen LogP contribution in [0.15, 0.2) is 72.8 Å². The molecule has 0 saturated heterocycles. The summed E-state index contributed by atoms with van der Waals surface area (Å²) >= 11 is 0. The summed E-state index contributed by atoms with van der Waals surface area (Å²) in [7, 11) is 0. The molecular weight excluding hydrogens is 364 g/mol. The molecule has 158 valence electrons. The Kier molecular flexibility index (Phi) is 8.24. The molecule has 0 unspecified atom stereocenters. The van der Waals surface area contributed by atoms with E-state index in [0.717, 1.165) is 25.9 Å². The normalized spacial score (nSPS) is 13.2. The van der Waals surface area contributed by atoms with E-state index >= 15 is 0 Å². The van der Waals surface area contributed by atoms with Crippen LogP contribution in [0.4, 0.5) is 0 Å². The molecule has 0 aliphatic carbocycles. The summed E-state index contributed by atoms with van der Waals surface area (Å²) in [6.07, 6.45) is 2.10. The van der Waals surface area contributed by atoms with Gasteiger partial charge in [-0.1, -0.05) is 72.8 Å². The van der Waals surface area contributed by atoms with E-state index in [4.69, 9.17) is 0 Å². The van der Waals surface area contributed by atoms with Gasteiger partial charge in [-0.05, 0) is 73.9 Å². The lowest BCUT2D eigenvalue weighted by Gasteiger charge is -2.17. The molecule has 0 aliphatic rings. The zero-order valence-electron chi connectivity index (χ0n) is 18.9. The average molecular weight is 401 g/mol. The van der Waals surface area contributed by atoms with E-state index in [2.05, 4.69) is 111 Å². The second-order valence-corrected chi connectivity index (χ2v) is 8.64. The van der Waals surface area contributed by atoms with Gasteiger partial charge in [-0.2, -0.15) is 0 Å². The first-order chi connectivity index (χ1) is 14.5. The van der Waals surface area contributed by atoms with Crippen LogP contribution in [0, 0.1) is 13.8 Å². The average Bonchev–Trinajstić information content (AvgIpc) is 2.74. The topological polar surface area (TPSA) is 24.1 Å². The third-order valence-corrected chi connectivity index (χ3v) is 5.91. The van der Waals surface area contributed by atoms with Crippen LogP contribution in [0.1, 0.15) is 47.2 Å². The highest BCUT2D eigenvalue weighted by Gasteiger charge is 2.07. The van der Waals surface area contributed by atoms with Gasteiger partial charge in [0.1, 0.15) is 0 Å². The Morgan fingerprint density at radius 2 is 0.933 bits per heavy atom. The van der Waals surface area contributed by atoms with Crippen LogP contribution in [0.3, 0.4) is 0 Å². The zero-order valence-corrected chi connectivity index (χ0v) is 18.9. The minimum atomic E-state index is 0.449. The van der Waals surface area contributed by atoms with E-state index in [1.165, 1.54) is 33.4 Å². The molecule has 3 rings (SSSR count). The van der Waals surface area contributed by atoms with Gasteiger partial charge in [0.2, 0.25) is 0 Å². The minimum absolute atomic E-state index is 0.449. The second-order valence-electron chi connectivity index (χ2n) is 8.64. The SMILES string of the molecule is Cc1ccccc1CN[C@H](C)Cc1ccc(C[C@@H](C)NCc2ccccc2C)cc1. The molecule has 2 heteroatoms. The van der Waals surface area contributed by atoms with Crippen molar-refractivity contribution in [2.75, 3.05) is 0 Å². The van der Waals surface area contributed by atoms with Crippen LogP contribution in [-0.4, -0.2) is 12.1 Å². The predicted molar refractivity (Wildman–Crippen MR) is 129 cm³/mol. The van der Waals surface area contributed by atoms with Crippen molar-refractivity contribution in [2.24, 2.45) is 0 Å². The van der Waals surface area contributed by atoms with E-state index in [-0.39, 0.29) is 0 Å². The van der Waals surface area contributed by atoms with Crippen molar-refractivity contribution in [3.63, 3.8) is 0 Å². The summed E-state index contributed by atoms with van der Waals surface area (Å²) in [6, 6.07) is 27.2. The quantitative estimate of drug-likeness (QED) is 0.453. The fraction of sp³-hybridized carbons (Fsp3) is 0.357. The molecule has 2 atom stereocenters.